The number of hydrogen-bond acceptors (Lipinski definition) is 4. The summed E-state index contributed by atoms with van der Waals surface area (Å²) in [6.07, 6.45) is 0. The largest absolute Gasteiger partial charge is 0.197 e. The second kappa shape index (κ2) is 48.8. The van der Waals surface area contributed by atoms with Crippen molar-refractivity contribution in [3.63, 3.8) is 0 Å². The molecule has 0 rings (SSSR count). The van der Waals surface area contributed by atoms with Crippen LogP contribution in [0.5, 0.6) is 0 Å². The van der Waals surface area contributed by atoms with E-state index in [2.05, 4.69) is 25.1 Å². The normalized spacial score (nSPS) is 1.33. The molecule has 0 aliphatic heterocycles. The van der Waals surface area contributed by atoms with E-state index in [0.29, 0.717) is 0 Å². The molecular weight excluding hydrogens is 375 g/mol. The van der Waals surface area contributed by atoms with Gasteiger partial charge in [0.05, 0.1) is 0 Å². The molecule has 0 bridgehead atoms. The summed E-state index contributed by atoms with van der Waals surface area (Å²) in [6, 6.07) is 0. The second-order valence-electron chi connectivity index (χ2n) is 0. The first-order valence-corrected chi connectivity index (χ1v) is 1.00. The van der Waals surface area contributed by atoms with Gasteiger partial charge < -0.3 is 0 Å². The van der Waals surface area contributed by atoms with E-state index in [1.807, 2.05) is 0 Å². The summed E-state index contributed by atoms with van der Waals surface area (Å²) < 4.78 is 15.7. The molecular formula is CeLaO2S2. The molecule has 0 aromatic rings. The van der Waals surface area contributed by atoms with Crippen LogP contribution in [-0.4, -0.2) is 8.42 Å². The minimum atomic E-state index is 0. The SMILES string of the molecule is O=S.O=S.[Ce].[La]. The minimum absolute atomic E-state index is 0. The van der Waals surface area contributed by atoms with Crippen LogP contribution < -0.4 is 0 Å². The van der Waals surface area contributed by atoms with Crippen LogP contribution in [0.2, 0.25) is 0 Å². The minimum Gasteiger partial charge on any atom is -0.197 e. The Morgan fingerprint density at radius 2 is 0.833 bits per heavy atom. The van der Waals surface area contributed by atoms with Gasteiger partial charge in [-0.1, -0.05) is 0 Å². The van der Waals surface area contributed by atoms with Gasteiger partial charge in [-0.05, 0) is 0 Å². The second-order valence-corrected chi connectivity index (χ2v) is 0. The summed E-state index contributed by atoms with van der Waals surface area (Å²) in [5.41, 5.74) is 0. The van der Waals surface area contributed by atoms with E-state index in [0.717, 1.165) is 0 Å². The van der Waals surface area contributed by atoms with Crippen LogP contribution in [0.25, 0.3) is 0 Å². The van der Waals surface area contributed by atoms with Crippen LogP contribution in [0.4, 0.5) is 0 Å². The Kier molecular flexibility index (Phi) is 191. The molecule has 0 N–H and O–H groups in total. The number of hydrogen-bond donors (Lipinski definition) is 0. The van der Waals surface area contributed by atoms with Crippen LogP contribution in [0.1, 0.15) is 0 Å². The average molecular weight is 375 g/mol. The fourth-order valence-corrected chi connectivity index (χ4v) is 0. The van der Waals surface area contributed by atoms with Crippen molar-refractivity contribution in [2.24, 2.45) is 0 Å². The third-order valence-electron chi connectivity index (χ3n) is 0. The van der Waals surface area contributed by atoms with Gasteiger partial charge in [-0.25, -0.2) is 0 Å². The molecule has 0 saturated carbocycles. The van der Waals surface area contributed by atoms with Crippen molar-refractivity contribution in [3.05, 3.63) is 0 Å². The molecule has 0 spiro atoms. The van der Waals surface area contributed by atoms with E-state index in [1.165, 1.54) is 0 Å². The van der Waals surface area contributed by atoms with E-state index >= 15 is 0 Å². The molecule has 0 heterocycles. The van der Waals surface area contributed by atoms with Crippen molar-refractivity contribution in [2.75, 3.05) is 0 Å². The van der Waals surface area contributed by atoms with Gasteiger partial charge in [-0.15, -0.1) is 0 Å². The summed E-state index contributed by atoms with van der Waals surface area (Å²) in [7, 11) is 0. The summed E-state index contributed by atoms with van der Waals surface area (Å²) in [5.74, 6) is 0. The van der Waals surface area contributed by atoms with Crippen LogP contribution in [-0.2, 0) is 25.1 Å². The molecule has 0 aliphatic rings. The summed E-state index contributed by atoms with van der Waals surface area (Å²) in [4.78, 5) is 0. The summed E-state index contributed by atoms with van der Waals surface area (Å²) in [6.45, 7) is 0. The van der Waals surface area contributed by atoms with Crippen molar-refractivity contribution in [1.29, 1.82) is 0 Å². The van der Waals surface area contributed by atoms with Crippen molar-refractivity contribution < 1.29 is 85.8 Å². The van der Waals surface area contributed by atoms with Crippen LogP contribution in [0.3, 0.4) is 0 Å². The van der Waals surface area contributed by atoms with Gasteiger partial charge in [0, 0.05) is 77.3 Å². The van der Waals surface area contributed by atoms with Crippen molar-refractivity contribution in [1.82, 2.24) is 0 Å². The van der Waals surface area contributed by atoms with Gasteiger partial charge in [0.25, 0.3) is 0 Å². The predicted molar refractivity (Wildman–Crippen MR) is 16.3 cm³/mol. The topological polar surface area (TPSA) is 34.1 Å². The molecule has 0 aliphatic carbocycles. The molecule has 6 heavy (non-hydrogen) atoms. The molecule has 0 aromatic heterocycles. The van der Waals surface area contributed by atoms with E-state index in [4.69, 9.17) is 8.42 Å². The van der Waals surface area contributed by atoms with E-state index in [1.54, 1.807) is 0 Å². The zero-order valence-corrected chi connectivity index (χ0v) is 11.1. The van der Waals surface area contributed by atoms with Crippen molar-refractivity contribution >= 4 is 25.1 Å². The van der Waals surface area contributed by atoms with E-state index in [-0.39, 0.29) is 77.3 Å². The molecule has 0 atom stereocenters. The van der Waals surface area contributed by atoms with Crippen LogP contribution >= 0.6 is 0 Å². The predicted octanol–water partition coefficient (Wildman–Crippen LogP) is -0.673. The standard InChI is InChI=1S/Ce.La.2OS/c;;2*1-2. The molecule has 0 unspecified atom stereocenters. The molecule has 6 heteroatoms. The molecule has 0 aromatic carbocycles. The zero-order valence-electron chi connectivity index (χ0n) is 2.71. The van der Waals surface area contributed by atoms with Crippen LogP contribution in [0, 0.1) is 77.3 Å². The molecule has 0 fully saturated rings. The van der Waals surface area contributed by atoms with Crippen molar-refractivity contribution in [2.45, 2.75) is 0 Å². The maximum atomic E-state index is 7.83. The smallest absolute Gasteiger partial charge is 0.197 e. The van der Waals surface area contributed by atoms with Crippen LogP contribution in [0.15, 0.2) is 0 Å². The Hall–Kier alpha value is 2.61. The maximum absolute atomic E-state index is 7.83. The van der Waals surface area contributed by atoms with Gasteiger partial charge in [0.2, 0.25) is 0 Å². The van der Waals surface area contributed by atoms with Gasteiger partial charge in [-0.3, -0.25) is 0 Å². The first-order valence-electron chi connectivity index (χ1n) is 0.333. The summed E-state index contributed by atoms with van der Waals surface area (Å²) >= 11 is 5.67. The zero-order chi connectivity index (χ0) is 4.00. The monoisotopic (exact) mass is 375 g/mol. The molecule has 31 valence electrons. The van der Waals surface area contributed by atoms with Gasteiger partial charge in [0.1, 0.15) is 0 Å². The fraction of sp³-hybridized carbons (Fsp3) is 0. The Morgan fingerprint density at radius 3 is 0.833 bits per heavy atom. The third kappa shape index (κ3) is 30.5. The van der Waals surface area contributed by atoms with E-state index < -0.39 is 0 Å². The maximum Gasteiger partial charge on any atom is 0.197 e. The molecule has 2 nitrogen and oxygen atoms in total. The fourth-order valence-electron chi connectivity index (χ4n) is 0. The number of rotatable bonds is 0. The summed E-state index contributed by atoms with van der Waals surface area (Å²) in [5, 5.41) is 0. The molecule has 0 amide bonds. The first-order chi connectivity index (χ1) is 2.00. The molecule has 0 saturated heterocycles. The Morgan fingerprint density at radius 1 is 0.833 bits per heavy atom. The Bertz CT molecular complexity index is 13.5. The van der Waals surface area contributed by atoms with Crippen molar-refractivity contribution in [3.8, 4) is 0 Å². The van der Waals surface area contributed by atoms with Gasteiger partial charge in [0.15, 0.2) is 25.1 Å². The average Bonchev–Trinajstić information content (AvgIpc) is 1.50. The van der Waals surface area contributed by atoms with Gasteiger partial charge >= 0.3 is 0 Å². The third-order valence-corrected chi connectivity index (χ3v) is 0. The Labute approximate surface area is 108 Å². The quantitative estimate of drug-likeness (QED) is 0.563. The first kappa shape index (κ1) is 23.5. The Balaban J connectivity index is -0.00000000500. The van der Waals surface area contributed by atoms with E-state index in [9.17, 15) is 0 Å². The van der Waals surface area contributed by atoms with Gasteiger partial charge in [-0.2, -0.15) is 8.42 Å². The molecule has 1 radical (unpaired) electrons.